The first-order valence-electron chi connectivity index (χ1n) is 6.70. The number of rotatable bonds is 4. The van der Waals surface area contributed by atoms with E-state index in [1.165, 1.54) is 20.3 Å². The van der Waals surface area contributed by atoms with E-state index in [1.54, 1.807) is 31.2 Å². The van der Waals surface area contributed by atoms with Gasteiger partial charge >= 0.3 is 0 Å². The van der Waals surface area contributed by atoms with Gasteiger partial charge < -0.3 is 20.1 Å². The summed E-state index contributed by atoms with van der Waals surface area (Å²) in [6.07, 6.45) is 0. The fraction of sp³-hybridized carbons (Fsp3) is 0.188. The second-order valence-corrected chi connectivity index (χ2v) is 5.55. The standard InChI is InChI=1S/C16H16ClFN2O2S/c1-9-6-10(4-5-12(9)18)19-16(23)20-13-7-11(17)14(21-2)8-15(13)22-3/h4-8H,1-3H3,(H2,19,20,23). The van der Waals surface area contributed by atoms with Gasteiger partial charge in [-0.15, -0.1) is 0 Å². The molecule has 7 heteroatoms. The summed E-state index contributed by atoms with van der Waals surface area (Å²) >= 11 is 11.4. The van der Waals surface area contributed by atoms with E-state index < -0.39 is 0 Å². The highest BCUT2D eigenvalue weighted by Crippen LogP contribution is 2.35. The summed E-state index contributed by atoms with van der Waals surface area (Å²) in [5.41, 5.74) is 1.80. The highest BCUT2D eigenvalue weighted by molar-refractivity contribution is 7.80. The van der Waals surface area contributed by atoms with Crippen molar-refractivity contribution in [1.82, 2.24) is 0 Å². The Bertz CT molecular complexity index is 740. The molecule has 0 aliphatic rings. The highest BCUT2D eigenvalue weighted by atomic mass is 35.5. The van der Waals surface area contributed by atoms with Crippen molar-refractivity contribution in [3.05, 3.63) is 46.7 Å². The molecule has 0 aliphatic heterocycles. The van der Waals surface area contributed by atoms with Crippen molar-refractivity contribution in [2.24, 2.45) is 0 Å². The van der Waals surface area contributed by atoms with Gasteiger partial charge in [0, 0.05) is 11.8 Å². The van der Waals surface area contributed by atoms with Crippen molar-refractivity contribution in [1.29, 1.82) is 0 Å². The third-order valence-corrected chi connectivity index (χ3v) is 3.64. The van der Waals surface area contributed by atoms with Crippen LogP contribution in [0.3, 0.4) is 0 Å². The number of benzene rings is 2. The number of ether oxygens (including phenoxy) is 2. The van der Waals surface area contributed by atoms with Crippen LogP contribution in [0.1, 0.15) is 5.56 Å². The molecule has 0 saturated carbocycles. The molecule has 0 aliphatic carbocycles. The number of aryl methyl sites for hydroxylation is 1. The van der Waals surface area contributed by atoms with Crippen molar-refractivity contribution >= 4 is 40.3 Å². The molecule has 23 heavy (non-hydrogen) atoms. The lowest BCUT2D eigenvalue weighted by molar-refractivity contribution is 0.396. The first-order chi connectivity index (χ1) is 10.9. The smallest absolute Gasteiger partial charge is 0.175 e. The Morgan fingerprint density at radius 1 is 1.09 bits per heavy atom. The molecule has 2 N–H and O–H groups in total. The average Bonchev–Trinajstić information content (AvgIpc) is 2.51. The molecular weight excluding hydrogens is 339 g/mol. The quantitative estimate of drug-likeness (QED) is 0.784. The van der Waals surface area contributed by atoms with Gasteiger partial charge in [-0.2, -0.15) is 0 Å². The first-order valence-corrected chi connectivity index (χ1v) is 7.49. The van der Waals surface area contributed by atoms with Crippen LogP contribution in [0.5, 0.6) is 11.5 Å². The summed E-state index contributed by atoms with van der Waals surface area (Å²) in [4.78, 5) is 0. The fourth-order valence-corrected chi connectivity index (χ4v) is 2.43. The summed E-state index contributed by atoms with van der Waals surface area (Å²) in [6.45, 7) is 1.68. The second-order valence-electron chi connectivity index (χ2n) is 4.73. The topological polar surface area (TPSA) is 42.5 Å². The third kappa shape index (κ3) is 4.24. The molecule has 0 unspecified atom stereocenters. The summed E-state index contributed by atoms with van der Waals surface area (Å²) in [6, 6.07) is 7.97. The van der Waals surface area contributed by atoms with Gasteiger partial charge in [0.05, 0.1) is 24.9 Å². The third-order valence-electron chi connectivity index (χ3n) is 3.14. The van der Waals surface area contributed by atoms with Crippen LogP contribution in [0.2, 0.25) is 5.02 Å². The van der Waals surface area contributed by atoms with Crippen LogP contribution in [0.4, 0.5) is 15.8 Å². The molecular formula is C16H16ClFN2O2S. The van der Waals surface area contributed by atoms with E-state index in [0.717, 1.165) is 0 Å². The first kappa shape index (κ1) is 17.3. The number of methoxy groups -OCH3 is 2. The maximum absolute atomic E-state index is 13.3. The van der Waals surface area contributed by atoms with Crippen LogP contribution in [-0.2, 0) is 0 Å². The summed E-state index contributed by atoms with van der Waals surface area (Å²) in [7, 11) is 3.06. The second kappa shape index (κ2) is 7.48. The zero-order valence-corrected chi connectivity index (χ0v) is 14.4. The van der Waals surface area contributed by atoms with Crippen LogP contribution < -0.4 is 20.1 Å². The molecule has 0 aromatic heterocycles. The van der Waals surface area contributed by atoms with Gasteiger partial charge in [0.2, 0.25) is 0 Å². The Labute approximate surface area is 144 Å². The summed E-state index contributed by atoms with van der Waals surface area (Å²) < 4.78 is 23.7. The Morgan fingerprint density at radius 3 is 2.39 bits per heavy atom. The number of hydrogen-bond donors (Lipinski definition) is 2. The van der Waals surface area contributed by atoms with E-state index in [4.69, 9.17) is 33.3 Å². The minimum Gasteiger partial charge on any atom is -0.495 e. The molecule has 0 atom stereocenters. The number of anilines is 2. The van der Waals surface area contributed by atoms with E-state index in [9.17, 15) is 4.39 Å². The lowest BCUT2D eigenvalue weighted by atomic mass is 10.2. The molecule has 0 fully saturated rings. The Kier molecular flexibility index (Phi) is 5.63. The lowest BCUT2D eigenvalue weighted by Crippen LogP contribution is -2.19. The molecule has 2 rings (SSSR count). The van der Waals surface area contributed by atoms with Gasteiger partial charge in [-0.1, -0.05) is 11.6 Å². The van der Waals surface area contributed by atoms with E-state index in [0.29, 0.717) is 38.6 Å². The largest absolute Gasteiger partial charge is 0.495 e. The van der Waals surface area contributed by atoms with Crippen molar-refractivity contribution in [2.75, 3.05) is 24.9 Å². The molecule has 4 nitrogen and oxygen atoms in total. The van der Waals surface area contributed by atoms with Crippen LogP contribution in [0.15, 0.2) is 30.3 Å². The fourth-order valence-electron chi connectivity index (χ4n) is 1.96. The lowest BCUT2D eigenvalue weighted by Gasteiger charge is -2.15. The molecule has 0 heterocycles. The monoisotopic (exact) mass is 354 g/mol. The maximum Gasteiger partial charge on any atom is 0.175 e. The average molecular weight is 355 g/mol. The molecule has 0 saturated heterocycles. The number of thiocarbonyl (C=S) groups is 1. The normalized spacial score (nSPS) is 10.1. The van der Waals surface area contributed by atoms with Crippen molar-refractivity contribution in [3.8, 4) is 11.5 Å². The molecule has 0 bridgehead atoms. The van der Waals surface area contributed by atoms with Crippen LogP contribution in [0, 0.1) is 12.7 Å². The highest BCUT2D eigenvalue weighted by Gasteiger charge is 2.11. The molecule has 2 aromatic carbocycles. The number of halogens is 2. The molecule has 122 valence electrons. The van der Waals surface area contributed by atoms with Crippen LogP contribution in [0.25, 0.3) is 0 Å². The zero-order valence-electron chi connectivity index (χ0n) is 12.9. The molecule has 0 spiro atoms. The SMILES string of the molecule is COc1cc(OC)c(NC(=S)Nc2ccc(F)c(C)c2)cc1Cl. The van der Waals surface area contributed by atoms with Gasteiger partial charge in [0.1, 0.15) is 17.3 Å². The van der Waals surface area contributed by atoms with Crippen molar-refractivity contribution in [2.45, 2.75) is 6.92 Å². The van der Waals surface area contributed by atoms with Gasteiger partial charge in [0.25, 0.3) is 0 Å². The van der Waals surface area contributed by atoms with Crippen LogP contribution in [-0.4, -0.2) is 19.3 Å². The van der Waals surface area contributed by atoms with Gasteiger partial charge in [-0.3, -0.25) is 0 Å². The number of hydrogen-bond acceptors (Lipinski definition) is 3. The molecule has 2 aromatic rings. The van der Waals surface area contributed by atoms with Crippen LogP contribution >= 0.6 is 23.8 Å². The molecule has 0 amide bonds. The maximum atomic E-state index is 13.3. The van der Waals surface area contributed by atoms with Gasteiger partial charge in [-0.25, -0.2) is 4.39 Å². The van der Waals surface area contributed by atoms with Gasteiger partial charge in [0.15, 0.2) is 5.11 Å². The van der Waals surface area contributed by atoms with Gasteiger partial charge in [-0.05, 0) is 49.0 Å². The van der Waals surface area contributed by atoms with E-state index in [-0.39, 0.29) is 5.82 Å². The summed E-state index contributed by atoms with van der Waals surface area (Å²) in [5.74, 6) is 0.769. The summed E-state index contributed by atoms with van der Waals surface area (Å²) in [5, 5.41) is 6.74. The zero-order chi connectivity index (χ0) is 17.0. The Hall–Kier alpha value is -2.05. The van der Waals surface area contributed by atoms with E-state index in [2.05, 4.69) is 10.6 Å². The minimum atomic E-state index is -0.266. The van der Waals surface area contributed by atoms with Crippen molar-refractivity contribution < 1.29 is 13.9 Å². The molecule has 0 radical (unpaired) electrons. The predicted molar refractivity (Wildman–Crippen MR) is 95.5 cm³/mol. The minimum absolute atomic E-state index is 0.266. The Balaban J connectivity index is 2.16. The predicted octanol–water partition coefficient (Wildman–Crippen LogP) is 4.61. The number of nitrogens with one attached hydrogen (secondary N) is 2. The Morgan fingerprint density at radius 2 is 1.78 bits per heavy atom. The van der Waals surface area contributed by atoms with Crippen molar-refractivity contribution in [3.63, 3.8) is 0 Å². The van der Waals surface area contributed by atoms with E-state index in [1.807, 2.05) is 0 Å². The van der Waals surface area contributed by atoms with E-state index >= 15 is 0 Å².